The van der Waals surface area contributed by atoms with Crippen molar-refractivity contribution in [1.29, 1.82) is 0 Å². The van der Waals surface area contributed by atoms with Crippen LogP contribution in [0.5, 0.6) is 5.75 Å². The minimum Gasteiger partial charge on any atom is -0.493 e. The van der Waals surface area contributed by atoms with Crippen molar-refractivity contribution in [3.05, 3.63) is 56.9 Å². The van der Waals surface area contributed by atoms with Crippen molar-refractivity contribution >= 4 is 17.6 Å². The Morgan fingerprint density at radius 3 is 2.44 bits per heavy atom. The van der Waals surface area contributed by atoms with Gasteiger partial charge in [0, 0.05) is 35.0 Å². The van der Waals surface area contributed by atoms with Crippen LogP contribution in [0.15, 0.2) is 41.2 Å². The number of hydrogen-bond donors (Lipinski definition) is 1. The van der Waals surface area contributed by atoms with E-state index in [0.29, 0.717) is 61.5 Å². The SMILES string of the molecule is CCCC1CCCCOC(=O)C2=C(C)NC(C)=CC2c2cc([N+](=O)[O-])ccc2OCCCCOC1=O. The number of ether oxygens (including phenoxy) is 3. The second-order valence-electron chi connectivity index (χ2n) is 9.31. The molecule has 0 saturated carbocycles. The molecule has 2 unspecified atom stereocenters. The highest BCUT2D eigenvalue weighted by Gasteiger charge is 2.31. The maximum Gasteiger partial charge on any atom is 0.336 e. The molecule has 2 heterocycles. The number of esters is 2. The summed E-state index contributed by atoms with van der Waals surface area (Å²) in [6.45, 7) is 6.61. The topological polar surface area (TPSA) is 117 Å². The molecule has 2 aliphatic heterocycles. The first kappa shape index (κ1) is 27.2. The number of benzene rings is 1. The van der Waals surface area contributed by atoms with Crippen LogP contribution in [-0.2, 0) is 19.1 Å². The van der Waals surface area contributed by atoms with Crippen molar-refractivity contribution in [3.63, 3.8) is 0 Å². The number of fused-ring (bicyclic) bond motifs is 3. The molecule has 9 nitrogen and oxygen atoms in total. The van der Waals surface area contributed by atoms with E-state index in [1.165, 1.54) is 12.1 Å². The molecule has 1 aromatic rings. The van der Waals surface area contributed by atoms with E-state index >= 15 is 0 Å². The Balaban J connectivity index is 1.91. The number of nitrogens with zero attached hydrogens (tertiary/aromatic N) is 1. The van der Waals surface area contributed by atoms with Gasteiger partial charge >= 0.3 is 11.9 Å². The van der Waals surface area contributed by atoms with E-state index in [2.05, 4.69) is 5.32 Å². The molecule has 2 aliphatic rings. The van der Waals surface area contributed by atoms with Crippen LogP contribution in [0.1, 0.15) is 77.2 Å². The van der Waals surface area contributed by atoms with Crippen molar-refractivity contribution in [2.45, 2.75) is 71.6 Å². The number of nitro groups is 1. The predicted octanol–water partition coefficient (Wildman–Crippen LogP) is 5.31. The highest BCUT2D eigenvalue weighted by Crippen LogP contribution is 2.39. The average Bonchev–Trinajstić information content (AvgIpc) is 2.83. The third kappa shape index (κ3) is 7.08. The van der Waals surface area contributed by atoms with Gasteiger partial charge in [0.2, 0.25) is 0 Å². The van der Waals surface area contributed by atoms with Crippen LogP contribution in [0.4, 0.5) is 5.69 Å². The van der Waals surface area contributed by atoms with Crippen LogP contribution in [0.3, 0.4) is 0 Å². The van der Waals surface area contributed by atoms with E-state index in [0.717, 1.165) is 25.0 Å². The highest BCUT2D eigenvalue weighted by atomic mass is 16.6. The molecule has 36 heavy (non-hydrogen) atoms. The average molecular weight is 501 g/mol. The van der Waals surface area contributed by atoms with Crippen molar-refractivity contribution in [1.82, 2.24) is 5.32 Å². The number of hydrogen-bond acceptors (Lipinski definition) is 8. The Morgan fingerprint density at radius 2 is 1.72 bits per heavy atom. The number of cyclic esters (lactones) is 2. The summed E-state index contributed by atoms with van der Waals surface area (Å²) < 4.78 is 17.1. The summed E-state index contributed by atoms with van der Waals surface area (Å²) in [6.07, 6.45) is 6.90. The number of non-ortho nitro benzene ring substituents is 1. The van der Waals surface area contributed by atoms with Crippen LogP contribution in [0, 0.1) is 16.0 Å². The number of carbonyl (C=O) groups excluding carboxylic acids is 2. The Labute approximate surface area is 212 Å². The maximum absolute atomic E-state index is 13.2. The van der Waals surface area contributed by atoms with Gasteiger partial charge in [-0.25, -0.2) is 4.79 Å². The predicted molar refractivity (Wildman–Crippen MR) is 134 cm³/mol. The second kappa shape index (κ2) is 13.1. The molecule has 196 valence electrons. The number of nitro benzene ring substituents is 1. The fourth-order valence-electron chi connectivity index (χ4n) is 4.66. The van der Waals surface area contributed by atoms with Gasteiger partial charge in [0.1, 0.15) is 5.75 Å². The monoisotopic (exact) mass is 500 g/mol. The van der Waals surface area contributed by atoms with Gasteiger partial charge in [-0.05, 0) is 58.4 Å². The van der Waals surface area contributed by atoms with Gasteiger partial charge in [-0.1, -0.05) is 19.4 Å². The zero-order valence-corrected chi connectivity index (χ0v) is 21.3. The summed E-state index contributed by atoms with van der Waals surface area (Å²) in [4.78, 5) is 36.8. The zero-order chi connectivity index (χ0) is 26.1. The van der Waals surface area contributed by atoms with Crippen LogP contribution < -0.4 is 10.1 Å². The molecule has 0 saturated heterocycles. The molecule has 1 N–H and O–H groups in total. The molecule has 1 aromatic carbocycles. The first-order valence-corrected chi connectivity index (χ1v) is 12.7. The van der Waals surface area contributed by atoms with Gasteiger partial charge in [0.05, 0.1) is 36.2 Å². The molecule has 3 rings (SSSR count). The van der Waals surface area contributed by atoms with Gasteiger partial charge in [-0.2, -0.15) is 0 Å². The van der Waals surface area contributed by atoms with E-state index < -0.39 is 16.8 Å². The lowest BCUT2D eigenvalue weighted by Gasteiger charge is -2.27. The second-order valence-corrected chi connectivity index (χ2v) is 9.31. The van der Waals surface area contributed by atoms with Crippen LogP contribution in [-0.4, -0.2) is 36.7 Å². The van der Waals surface area contributed by atoms with E-state index in [9.17, 15) is 19.7 Å². The quantitative estimate of drug-likeness (QED) is 0.337. The van der Waals surface area contributed by atoms with Crippen LogP contribution in [0.2, 0.25) is 0 Å². The fraction of sp³-hybridized carbons (Fsp3) is 0.556. The maximum atomic E-state index is 13.2. The van der Waals surface area contributed by atoms with Gasteiger partial charge < -0.3 is 19.5 Å². The molecule has 0 spiro atoms. The Hall–Kier alpha value is -3.36. The van der Waals surface area contributed by atoms with Crippen molar-refractivity contribution in [2.75, 3.05) is 19.8 Å². The molecule has 2 atom stereocenters. The molecule has 0 aliphatic carbocycles. The normalized spacial score (nSPS) is 22.4. The van der Waals surface area contributed by atoms with Gasteiger partial charge in [0.15, 0.2) is 0 Å². The van der Waals surface area contributed by atoms with Crippen LogP contribution in [0.25, 0.3) is 0 Å². The summed E-state index contributed by atoms with van der Waals surface area (Å²) in [6, 6.07) is 4.43. The molecule has 0 amide bonds. The summed E-state index contributed by atoms with van der Waals surface area (Å²) >= 11 is 0. The Bertz CT molecular complexity index is 1030. The minimum atomic E-state index is -0.553. The van der Waals surface area contributed by atoms with Gasteiger partial charge in [0.25, 0.3) is 5.69 Å². The summed E-state index contributed by atoms with van der Waals surface area (Å²) in [5.41, 5.74) is 2.33. The van der Waals surface area contributed by atoms with Gasteiger partial charge in [-0.15, -0.1) is 0 Å². The Kier molecular flexibility index (Phi) is 9.90. The lowest BCUT2D eigenvalue weighted by atomic mass is 9.86. The molecule has 0 bridgehead atoms. The smallest absolute Gasteiger partial charge is 0.336 e. The first-order valence-electron chi connectivity index (χ1n) is 12.7. The van der Waals surface area contributed by atoms with Crippen molar-refractivity contribution < 1.29 is 28.7 Å². The highest BCUT2D eigenvalue weighted by molar-refractivity contribution is 5.92. The molecular weight excluding hydrogens is 464 g/mol. The third-order valence-corrected chi connectivity index (χ3v) is 6.47. The zero-order valence-electron chi connectivity index (χ0n) is 21.3. The van der Waals surface area contributed by atoms with Crippen LogP contribution >= 0.6 is 0 Å². The van der Waals surface area contributed by atoms with Crippen molar-refractivity contribution in [3.8, 4) is 5.75 Å². The lowest BCUT2D eigenvalue weighted by molar-refractivity contribution is -0.384. The van der Waals surface area contributed by atoms with E-state index in [1.807, 2.05) is 19.9 Å². The number of carbonyl (C=O) groups is 2. The van der Waals surface area contributed by atoms with E-state index in [-0.39, 0.29) is 24.2 Å². The number of allylic oxidation sites excluding steroid dienone is 3. The number of rotatable bonds is 3. The third-order valence-electron chi connectivity index (χ3n) is 6.47. The van der Waals surface area contributed by atoms with Crippen molar-refractivity contribution in [2.24, 2.45) is 5.92 Å². The summed E-state index contributed by atoms with van der Waals surface area (Å²) in [5, 5.41) is 14.7. The lowest BCUT2D eigenvalue weighted by Crippen LogP contribution is -2.26. The summed E-state index contributed by atoms with van der Waals surface area (Å²) in [7, 11) is 0. The molecular formula is C27H36N2O7. The van der Waals surface area contributed by atoms with E-state index in [1.54, 1.807) is 13.0 Å². The number of nitrogens with one attached hydrogen (secondary N) is 1. The van der Waals surface area contributed by atoms with Gasteiger partial charge in [-0.3, -0.25) is 14.9 Å². The molecule has 0 radical (unpaired) electrons. The molecule has 0 aromatic heterocycles. The number of dihydropyridines is 1. The minimum absolute atomic E-state index is 0.0806. The first-order chi connectivity index (χ1) is 17.3. The standard InChI is InChI=1S/C27H36N2O7/c1-4-9-20-10-5-6-14-36-27(31)25-19(3)28-18(2)16-23(25)22-17-21(29(32)33)11-12-24(22)34-13-7-8-15-35-26(20)30/h11-12,16-17,20,23,28H,4-10,13-15H2,1-3H3. The fourth-order valence-corrected chi connectivity index (χ4v) is 4.66. The Morgan fingerprint density at radius 1 is 1.03 bits per heavy atom. The molecule has 9 heteroatoms. The van der Waals surface area contributed by atoms with E-state index in [4.69, 9.17) is 14.2 Å². The molecule has 0 fully saturated rings. The largest absolute Gasteiger partial charge is 0.493 e. The summed E-state index contributed by atoms with van der Waals surface area (Å²) in [5.74, 6) is -0.879.